The summed E-state index contributed by atoms with van der Waals surface area (Å²) < 4.78 is 5.62. The van der Waals surface area contributed by atoms with E-state index in [9.17, 15) is 14.9 Å². The van der Waals surface area contributed by atoms with Crippen molar-refractivity contribution in [1.82, 2.24) is 0 Å². The second-order valence-corrected chi connectivity index (χ2v) is 5.80. The van der Waals surface area contributed by atoms with Gasteiger partial charge in [0.2, 0.25) is 5.91 Å². The van der Waals surface area contributed by atoms with Crippen molar-refractivity contribution in [2.75, 3.05) is 11.9 Å². The average molecular weight is 293 g/mol. The smallest absolute Gasteiger partial charge is 0.292 e. The van der Waals surface area contributed by atoms with Crippen molar-refractivity contribution in [1.29, 1.82) is 0 Å². The second-order valence-electron chi connectivity index (χ2n) is 5.80. The van der Waals surface area contributed by atoms with E-state index in [-0.39, 0.29) is 22.9 Å². The molecule has 0 spiro atoms. The number of primary amides is 1. The van der Waals surface area contributed by atoms with Crippen LogP contribution in [0.25, 0.3) is 0 Å². The largest absolute Gasteiger partial charge is 0.377 e. The first kappa shape index (κ1) is 15.2. The number of anilines is 1. The third-order valence-electron chi connectivity index (χ3n) is 3.53. The van der Waals surface area contributed by atoms with Gasteiger partial charge < -0.3 is 15.8 Å². The van der Waals surface area contributed by atoms with E-state index in [4.69, 9.17) is 10.5 Å². The fourth-order valence-electron chi connectivity index (χ4n) is 2.54. The van der Waals surface area contributed by atoms with Crippen LogP contribution in [0.5, 0.6) is 0 Å². The Morgan fingerprint density at radius 2 is 2.24 bits per heavy atom. The second kappa shape index (κ2) is 5.69. The van der Waals surface area contributed by atoms with E-state index >= 15 is 0 Å². The molecule has 3 N–H and O–H groups in total. The molecule has 1 aliphatic heterocycles. The average Bonchev–Trinajstić information content (AvgIpc) is 2.37. The molecule has 1 aromatic carbocycles. The summed E-state index contributed by atoms with van der Waals surface area (Å²) in [6.07, 6.45) is 1.48. The van der Waals surface area contributed by atoms with Crippen LogP contribution in [0.3, 0.4) is 0 Å². The first-order valence-corrected chi connectivity index (χ1v) is 6.77. The molecule has 2 rings (SSSR count). The summed E-state index contributed by atoms with van der Waals surface area (Å²) in [5, 5.41) is 14.2. The third-order valence-corrected chi connectivity index (χ3v) is 3.53. The number of carbonyl (C=O) groups excluding carboxylic acids is 1. The summed E-state index contributed by atoms with van der Waals surface area (Å²) in [5.74, 6) is -0.611. The highest BCUT2D eigenvalue weighted by atomic mass is 16.6. The third kappa shape index (κ3) is 3.69. The molecule has 7 heteroatoms. The van der Waals surface area contributed by atoms with Gasteiger partial charge in [-0.15, -0.1) is 0 Å². The summed E-state index contributed by atoms with van der Waals surface area (Å²) in [6, 6.07) is 4.14. The lowest BCUT2D eigenvalue weighted by Crippen LogP contribution is -2.40. The van der Waals surface area contributed by atoms with Gasteiger partial charge in [-0.05, 0) is 38.8 Å². The van der Waals surface area contributed by atoms with Gasteiger partial charge in [-0.25, -0.2) is 0 Å². The Labute approximate surface area is 122 Å². The van der Waals surface area contributed by atoms with E-state index in [1.54, 1.807) is 0 Å². The molecule has 0 aliphatic carbocycles. The van der Waals surface area contributed by atoms with E-state index in [0.29, 0.717) is 12.3 Å². The lowest BCUT2D eigenvalue weighted by molar-refractivity contribution is -0.384. The lowest BCUT2D eigenvalue weighted by Gasteiger charge is -2.36. The topological polar surface area (TPSA) is 107 Å². The van der Waals surface area contributed by atoms with Crippen LogP contribution in [0.4, 0.5) is 11.4 Å². The van der Waals surface area contributed by atoms with Gasteiger partial charge in [0, 0.05) is 24.3 Å². The molecule has 1 aliphatic rings. The van der Waals surface area contributed by atoms with E-state index in [1.165, 1.54) is 18.2 Å². The summed E-state index contributed by atoms with van der Waals surface area (Å²) in [7, 11) is 0. The zero-order valence-electron chi connectivity index (χ0n) is 12.1. The molecule has 1 atom stereocenters. The Hall–Kier alpha value is -2.15. The molecule has 1 fully saturated rings. The van der Waals surface area contributed by atoms with Crippen LogP contribution in [-0.2, 0) is 4.74 Å². The summed E-state index contributed by atoms with van der Waals surface area (Å²) in [6.45, 7) is 4.55. The van der Waals surface area contributed by atoms with Crippen LogP contribution < -0.4 is 11.1 Å². The SMILES string of the molecule is CC1(C)CC(Nc2cc(C(N)=O)ccc2[N+](=O)[O-])CCO1. The summed E-state index contributed by atoms with van der Waals surface area (Å²) in [5.41, 5.74) is 5.45. The minimum atomic E-state index is -0.611. The molecule has 1 heterocycles. The van der Waals surface area contributed by atoms with Crippen LogP contribution in [-0.4, -0.2) is 29.1 Å². The Morgan fingerprint density at radius 3 is 2.81 bits per heavy atom. The maximum absolute atomic E-state index is 11.2. The zero-order chi connectivity index (χ0) is 15.6. The highest BCUT2D eigenvalue weighted by molar-refractivity contribution is 5.94. The molecule has 1 unspecified atom stereocenters. The van der Waals surface area contributed by atoms with Gasteiger partial charge in [-0.3, -0.25) is 14.9 Å². The van der Waals surface area contributed by atoms with E-state index in [1.807, 2.05) is 13.8 Å². The molecule has 21 heavy (non-hydrogen) atoms. The van der Waals surface area contributed by atoms with Crippen LogP contribution in [0.1, 0.15) is 37.0 Å². The molecule has 0 radical (unpaired) electrons. The predicted octanol–water partition coefficient (Wildman–Crippen LogP) is 2.06. The Bertz CT molecular complexity index is 571. The number of hydrogen-bond acceptors (Lipinski definition) is 5. The fourth-order valence-corrected chi connectivity index (χ4v) is 2.54. The van der Waals surface area contributed by atoms with Crippen molar-refractivity contribution in [3.05, 3.63) is 33.9 Å². The van der Waals surface area contributed by atoms with Crippen LogP contribution in [0.15, 0.2) is 18.2 Å². The molecule has 0 bridgehead atoms. The molecule has 1 amide bonds. The van der Waals surface area contributed by atoms with Gasteiger partial charge >= 0.3 is 0 Å². The van der Waals surface area contributed by atoms with Crippen molar-refractivity contribution in [2.24, 2.45) is 5.73 Å². The quantitative estimate of drug-likeness (QED) is 0.652. The van der Waals surface area contributed by atoms with Crippen molar-refractivity contribution in [3.8, 4) is 0 Å². The predicted molar refractivity (Wildman–Crippen MR) is 78.3 cm³/mol. The number of ether oxygens (including phenoxy) is 1. The van der Waals surface area contributed by atoms with Crippen LogP contribution in [0, 0.1) is 10.1 Å². The zero-order valence-corrected chi connectivity index (χ0v) is 12.1. The van der Waals surface area contributed by atoms with E-state index in [0.717, 1.165) is 12.8 Å². The summed E-state index contributed by atoms with van der Waals surface area (Å²) in [4.78, 5) is 21.9. The highest BCUT2D eigenvalue weighted by Gasteiger charge is 2.30. The fraction of sp³-hybridized carbons (Fsp3) is 0.500. The van der Waals surface area contributed by atoms with Crippen molar-refractivity contribution in [2.45, 2.75) is 38.3 Å². The number of hydrogen-bond donors (Lipinski definition) is 2. The van der Waals surface area contributed by atoms with Crippen molar-refractivity contribution in [3.63, 3.8) is 0 Å². The Kier molecular flexibility index (Phi) is 4.13. The molecular weight excluding hydrogens is 274 g/mol. The normalized spacial score (nSPS) is 20.8. The van der Waals surface area contributed by atoms with Gasteiger partial charge in [0.05, 0.1) is 10.5 Å². The van der Waals surface area contributed by atoms with Crippen LogP contribution in [0.2, 0.25) is 0 Å². The maximum Gasteiger partial charge on any atom is 0.292 e. The molecule has 0 saturated carbocycles. The highest BCUT2D eigenvalue weighted by Crippen LogP contribution is 2.31. The lowest BCUT2D eigenvalue weighted by atomic mass is 9.93. The number of nitrogens with one attached hydrogen (secondary N) is 1. The number of carbonyl (C=O) groups is 1. The van der Waals surface area contributed by atoms with Gasteiger partial charge in [-0.1, -0.05) is 0 Å². The number of nitrogens with two attached hydrogens (primary N) is 1. The molecule has 1 aromatic rings. The van der Waals surface area contributed by atoms with E-state index in [2.05, 4.69) is 5.32 Å². The minimum absolute atomic E-state index is 0.0515. The van der Waals surface area contributed by atoms with Gasteiger partial charge in [-0.2, -0.15) is 0 Å². The number of nitro benzene ring substituents is 1. The number of nitrogens with zero attached hydrogens (tertiary/aromatic N) is 1. The van der Waals surface area contributed by atoms with Crippen molar-refractivity contribution < 1.29 is 14.5 Å². The first-order valence-electron chi connectivity index (χ1n) is 6.77. The number of nitro groups is 1. The molecule has 7 nitrogen and oxygen atoms in total. The molecule has 1 saturated heterocycles. The molecule has 0 aromatic heterocycles. The number of benzene rings is 1. The van der Waals surface area contributed by atoms with Crippen molar-refractivity contribution >= 4 is 17.3 Å². The van der Waals surface area contributed by atoms with Gasteiger partial charge in [0.15, 0.2) is 0 Å². The standard InChI is InChI=1S/C14H19N3O4/c1-14(2)8-10(5-6-21-14)16-11-7-9(13(15)18)3-4-12(11)17(19)20/h3-4,7,10,16H,5-6,8H2,1-2H3,(H2,15,18). The summed E-state index contributed by atoms with van der Waals surface area (Å²) >= 11 is 0. The van der Waals surface area contributed by atoms with Gasteiger partial charge in [0.25, 0.3) is 5.69 Å². The van der Waals surface area contributed by atoms with Gasteiger partial charge in [0.1, 0.15) is 5.69 Å². The Balaban J connectivity index is 2.26. The monoisotopic (exact) mass is 293 g/mol. The van der Waals surface area contributed by atoms with E-state index < -0.39 is 10.8 Å². The first-order chi connectivity index (χ1) is 9.78. The number of rotatable bonds is 4. The maximum atomic E-state index is 11.2. The number of amides is 1. The minimum Gasteiger partial charge on any atom is -0.377 e. The Morgan fingerprint density at radius 1 is 1.52 bits per heavy atom. The molecular formula is C14H19N3O4. The van der Waals surface area contributed by atoms with Crippen LogP contribution >= 0.6 is 0 Å². The molecule has 114 valence electrons.